The monoisotopic (exact) mass is 310 g/mol. The number of amides is 1. The van der Waals surface area contributed by atoms with Crippen molar-refractivity contribution in [2.24, 2.45) is 5.92 Å². The molecule has 1 aliphatic rings. The number of hydrogen-bond acceptors (Lipinski definition) is 4. The lowest BCUT2D eigenvalue weighted by Crippen LogP contribution is -2.35. The van der Waals surface area contributed by atoms with Crippen molar-refractivity contribution in [3.05, 3.63) is 22.8 Å². The lowest BCUT2D eigenvalue weighted by atomic mass is 10.1. The normalized spacial score (nSPS) is 21.9. The summed E-state index contributed by atoms with van der Waals surface area (Å²) in [5.74, 6) is 1.09. The second kappa shape index (κ2) is 6.62. The summed E-state index contributed by atoms with van der Waals surface area (Å²) in [5, 5.41) is 3.55. The molecule has 0 spiro atoms. The van der Waals surface area contributed by atoms with Crippen LogP contribution in [0.5, 0.6) is 0 Å². The maximum Gasteiger partial charge on any atom is 0.255 e. The standard InChI is InChI=1S/C15H23ClN4O/c1-5-17-14-12(16)6-11(7-18-14)15(21)20-8-10(2)13(9-20)19(3)4/h6-7,10,13H,5,8-9H2,1-4H3,(H,17,18). The number of nitrogens with zero attached hydrogens (tertiary/aromatic N) is 3. The molecular formula is C15H23ClN4O. The van der Waals surface area contributed by atoms with E-state index in [0.29, 0.717) is 28.4 Å². The topological polar surface area (TPSA) is 48.5 Å². The van der Waals surface area contributed by atoms with E-state index in [1.165, 1.54) is 0 Å². The van der Waals surface area contributed by atoms with E-state index in [9.17, 15) is 4.79 Å². The third-order valence-corrected chi connectivity index (χ3v) is 4.24. The van der Waals surface area contributed by atoms with Crippen LogP contribution < -0.4 is 5.32 Å². The molecule has 0 bridgehead atoms. The fourth-order valence-electron chi connectivity index (χ4n) is 2.82. The molecule has 2 atom stereocenters. The van der Waals surface area contributed by atoms with Crippen LogP contribution in [0.25, 0.3) is 0 Å². The summed E-state index contributed by atoms with van der Waals surface area (Å²) in [4.78, 5) is 20.9. The van der Waals surface area contributed by atoms with Crippen LogP contribution in [-0.2, 0) is 0 Å². The molecule has 6 heteroatoms. The number of hydrogen-bond donors (Lipinski definition) is 1. The van der Waals surface area contributed by atoms with Crippen LogP contribution in [0, 0.1) is 5.92 Å². The zero-order valence-electron chi connectivity index (χ0n) is 13.1. The number of carbonyl (C=O) groups is 1. The Bertz CT molecular complexity index is 520. The Kier molecular flexibility index (Phi) is 5.06. The number of rotatable bonds is 4. The number of aromatic nitrogens is 1. The lowest BCUT2D eigenvalue weighted by Gasteiger charge is -2.22. The number of nitrogens with one attached hydrogen (secondary N) is 1. The van der Waals surface area contributed by atoms with Gasteiger partial charge in [0.15, 0.2) is 0 Å². The highest BCUT2D eigenvalue weighted by Crippen LogP contribution is 2.24. The van der Waals surface area contributed by atoms with Crippen LogP contribution in [0.2, 0.25) is 5.02 Å². The van der Waals surface area contributed by atoms with E-state index in [-0.39, 0.29) is 5.91 Å². The van der Waals surface area contributed by atoms with Gasteiger partial charge in [-0.05, 0) is 33.0 Å². The molecule has 5 nitrogen and oxygen atoms in total. The highest BCUT2D eigenvalue weighted by atomic mass is 35.5. The van der Waals surface area contributed by atoms with Crippen LogP contribution in [0.15, 0.2) is 12.3 Å². The van der Waals surface area contributed by atoms with Gasteiger partial charge in [0, 0.05) is 31.9 Å². The van der Waals surface area contributed by atoms with Crippen molar-refractivity contribution in [3.8, 4) is 0 Å². The van der Waals surface area contributed by atoms with Crippen LogP contribution in [-0.4, -0.2) is 60.5 Å². The predicted molar refractivity (Wildman–Crippen MR) is 86.0 cm³/mol. The first kappa shape index (κ1) is 16.0. The first-order valence-electron chi connectivity index (χ1n) is 7.29. The number of likely N-dealkylation sites (tertiary alicyclic amines) is 1. The van der Waals surface area contributed by atoms with Crippen molar-refractivity contribution in [2.45, 2.75) is 19.9 Å². The minimum absolute atomic E-state index is 0.00338. The molecule has 1 aromatic heterocycles. The van der Waals surface area contributed by atoms with Gasteiger partial charge in [0.25, 0.3) is 5.91 Å². The first-order valence-corrected chi connectivity index (χ1v) is 7.67. The first-order chi connectivity index (χ1) is 9.93. The average molecular weight is 311 g/mol. The highest BCUT2D eigenvalue weighted by molar-refractivity contribution is 6.33. The van der Waals surface area contributed by atoms with Crippen molar-refractivity contribution >= 4 is 23.3 Å². The van der Waals surface area contributed by atoms with Gasteiger partial charge in [0.2, 0.25) is 0 Å². The van der Waals surface area contributed by atoms with Crippen molar-refractivity contribution in [1.29, 1.82) is 0 Å². The Morgan fingerprint density at radius 1 is 1.52 bits per heavy atom. The molecular weight excluding hydrogens is 288 g/mol. The van der Waals surface area contributed by atoms with Gasteiger partial charge in [-0.2, -0.15) is 0 Å². The molecule has 0 aliphatic carbocycles. The second-order valence-electron chi connectivity index (χ2n) is 5.80. The highest BCUT2D eigenvalue weighted by Gasteiger charge is 2.34. The van der Waals surface area contributed by atoms with E-state index in [4.69, 9.17) is 11.6 Å². The van der Waals surface area contributed by atoms with Crippen LogP contribution in [0.4, 0.5) is 5.82 Å². The third-order valence-electron chi connectivity index (χ3n) is 3.96. The Labute approximate surface area is 131 Å². The Morgan fingerprint density at radius 3 is 2.76 bits per heavy atom. The summed E-state index contributed by atoms with van der Waals surface area (Å²) in [6, 6.07) is 2.10. The fraction of sp³-hybridized carbons (Fsp3) is 0.600. The Morgan fingerprint density at radius 2 is 2.24 bits per heavy atom. The van der Waals surface area contributed by atoms with Gasteiger partial charge in [0.1, 0.15) is 5.82 Å². The molecule has 2 unspecified atom stereocenters. The molecule has 1 aromatic rings. The number of halogens is 1. The Balaban J connectivity index is 2.12. The minimum atomic E-state index is 0.00338. The largest absolute Gasteiger partial charge is 0.369 e. The number of anilines is 1. The van der Waals surface area contributed by atoms with Gasteiger partial charge in [0.05, 0.1) is 10.6 Å². The SMILES string of the molecule is CCNc1ncc(C(=O)N2CC(C)C(N(C)C)C2)cc1Cl. The molecule has 116 valence electrons. The smallest absolute Gasteiger partial charge is 0.255 e. The van der Waals surface area contributed by atoms with Crippen LogP contribution >= 0.6 is 11.6 Å². The lowest BCUT2D eigenvalue weighted by molar-refractivity contribution is 0.0781. The average Bonchev–Trinajstić information content (AvgIpc) is 2.82. The van der Waals surface area contributed by atoms with Gasteiger partial charge in [-0.1, -0.05) is 18.5 Å². The van der Waals surface area contributed by atoms with Crippen molar-refractivity contribution in [2.75, 3.05) is 39.0 Å². The molecule has 1 amide bonds. The summed E-state index contributed by atoms with van der Waals surface area (Å²) >= 11 is 6.16. The molecule has 2 rings (SSSR count). The molecule has 1 aliphatic heterocycles. The van der Waals surface area contributed by atoms with Crippen molar-refractivity contribution in [1.82, 2.24) is 14.8 Å². The molecule has 0 aromatic carbocycles. The zero-order chi connectivity index (χ0) is 15.6. The molecule has 0 radical (unpaired) electrons. The molecule has 0 saturated carbocycles. The van der Waals surface area contributed by atoms with E-state index < -0.39 is 0 Å². The van der Waals surface area contributed by atoms with E-state index >= 15 is 0 Å². The summed E-state index contributed by atoms with van der Waals surface area (Å²) in [6.45, 7) is 6.42. The fourth-order valence-corrected chi connectivity index (χ4v) is 3.06. The maximum atomic E-state index is 12.6. The van der Waals surface area contributed by atoms with Gasteiger partial charge >= 0.3 is 0 Å². The van der Waals surface area contributed by atoms with Gasteiger partial charge in [-0.15, -0.1) is 0 Å². The molecule has 1 N–H and O–H groups in total. The van der Waals surface area contributed by atoms with E-state index in [1.54, 1.807) is 12.3 Å². The van der Waals surface area contributed by atoms with Crippen molar-refractivity contribution in [3.63, 3.8) is 0 Å². The minimum Gasteiger partial charge on any atom is -0.369 e. The molecule has 2 heterocycles. The number of likely N-dealkylation sites (N-methyl/N-ethyl adjacent to an activating group) is 1. The number of pyridine rings is 1. The molecule has 1 saturated heterocycles. The third kappa shape index (κ3) is 3.47. The van der Waals surface area contributed by atoms with Gasteiger partial charge in [-0.3, -0.25) is 4.79 Å². The quantitative estimate of drug-likeness (QED) is 0.926. The second-order valence-corrected chi connectivity index (χ2v) is 6.21. The van der Waals surface area contributed by atoms with Crippen LogP contribution in [0.3, 0.4) is 0 Å². The van der Waals surface area contributed by atoms with Crippen LogP contribution in [0.1, 0.15) is 24.2 Å². The van der Waals surface area contributed by atoms with Crippen molar-refractivity contribution < 1.29 is 4.79 Å². The van der Waals surface area contributed by atoms with E-state index in [0.717, 1.165) is 19.6 Å². The summed E-state index contributed by atoms with van der Waals surface area (Å²) < 4.78 is 0. The van der Waals surface area contributed by atoms with E-state index in [1.807, 2.05) is 11.8 Å². The molecule has 1 fully saturated rings. The van der Waals surface area contributed by atoms with Gasteiger partial charge in [-0.25, -0.2) is 4.98 Å². The predicted octanol–water partition coefficient (Wildman–Crippen LogP) is 2.19. The van der Waals surface area contributed by atoms with Gasteiger partial charge < -0.3 is 15.1 Å². The zero-order valence-corrected chi connectivity index (χ0v) is 13.8. The van der Waals surface area contributed by atoms with E-state index in [2.05, 4.69) is 36.2 Å². The maximum absolute atomic E-state index is 12.6. The summed E-state index contributed by atoms with van der Waals surface area (Å²) in [7, 11) is 4.11. The summed E-state index contributed by atoms with van der Waals surface area (Å²) in [6.07, 6.45) is 1.60. The number of carbonyl (C=O) groups excluding carboxylic acids is 1. The molecule has 21 heavy (non-hydrogen) atoms. The summed E-state index contributed by atoms with van der Waals surface area (Å²) in [5.41, 5.74) is 0.549. The Hall–Kier alpha value is -1.33.